The van der Waals surface area contributed by atoms with Crippen molar-refractivity contribution in [2.24, 2.45) is 0 Å². The predicted octanol–water partition coefficient (Wildman–Crippen LogP) is 4.36. The lowest BCUT2D eigenvalue weighted by molar-refractivity contribution is 0.404. The van der Waals surface area contributed by atoms with Crippen molar-refractivity contribution in [3.05, 3.63) is 64.2 Å². The van der Waals surface area contributed by atoms with Gasteiger partial charge in [0.25, 0.3) is 0 Å². The van der Waals surface area contributed by atoms with E-state index in [0.717, 1.165) is 17.9 Å². The lowest BCUT2D eigenvalue weighted by Gasteiger charge is -2.22. The SMILES string of the molecule is CCNC(c1cccc(C)c1)c1ccc(Cl)cc1OC. The topological polar surface area (TPSA) is 21.3 Å². The highest BCUT2D eigenvalue weighted by Crippen LogP contribution is 2.32. The van der Waals surface area contributed by atoms with E-state index in [0.29, 0.717) is 5.02 Å². The Morgan fingerprint density at radius 2 is 2.00 bits per heavy atom. The Hall–Kier alpha value is -1.51. The van der Waals surface area contributed by atoms with Gasteiger partial charge in [-0.1, -0.05) is 54.4 Å². The second kappa shape index (κ2) is 6.78. The summed E-state index contributed by atoms with van der Waals surface area (Å²) in [6, 6.07) is 14.4. The summed E-state index contributed by atoms with van der Waals surface area (Å²) in [7, 11) is 1.68. The average Bonchev–Trinajstić information content (AvgIpc) is 2.45. The normalized spacial score (nSPS) is 12.2. The van der Waals surface area contributed by atoms with Gasteiger partial charge in [-0.05, 0) is 31.2 Å². The fourth-order valence-electron chi connectivity index (χ4n) is 2.38. The monoisotopic (exact) mass is 289 g/mol. The first kappa shape index (κ1) is 14.9. The van der Waals surface area contributed by atoms with E-state index in [9.17, 15) is 0 Å². The molecule has 0 aliphatic heterocycles. The minimum Gasteiger partial charge on any atom is -0.496 e. The zero-order valence-corrected chi connectivity index (χ0v) is 12.9. The van der Waals surface area contributed by atoms with E-state index < -0.39 is 0 Å². The Bertz CT molecular complexity index is 583. The van der Waals surface area contributed by atoms with Gasteiger partial charge in [-0.25, -0.2) is 0 Å². The van der Waals surface area contributed by atoms with Gasteiger partial charge in [0.05, 0.1) is 13.2 Å². The number of rotatable bonds is 5. The van der Waals surface area contributed by atoms with E-state index in [1.54, 1.807) is 7.11 Å². The fourth-order valence-corrected chi connectivity index (χ4v) is 2.55. The predicted molar refractivity (Wildman–Crippen MR) is 84.7 cm³/mol. The Morgan fingerprint density at radius 1 is 1.20 bits per heavy atom. The molecule has 1 N–H and O–H groups in total. The third kappa shape index (κ3) is 3.33. The maximum Gasteiger partial charge on any atom is 0.125 e. The smallest absolute Gasteiger partial charge is 0.125 e. The van der Waals surface area contributed by atoms with Crippen LogP contribution in [0, 0.1) is 6.92 Å². The molecule has 0 amide bonds. The number of aryl methyl sites for hydroxylation is 1. The molecule has 3 heteroatoms. The van der Waals surface area contributed by atoms with Crippen LogP contribution in [0.1, 0.15) is 29.7 Å². The van der Waals surface area contributed by atoms with Gasteiger partial charge in [0.2, 0.25) is 0 Å². The number of ether oxygens (including phenoxy) is 1. The summed E-state index contributed by atoms with van der Waals surface area (Å²) in [5.41, 5.74) is 3.58. The zero-order chi connectivity index (χ0) is 14.5. The second-order valence-corrected chi connectivity index (χ2v) is 5.23. The molecule has 2 nitrogen and oxygen atoms in total. The van der Waals surface area contributed by atoms with Crippen LogP contribution in [0.4, 0.5) is 0 Å². The van der Waals surface area contributed by atoms with E-state index in [1.807, 2.05) is 18.2 Å². The van der Waals surface area contributed by atoms with Gasteiger partial charge in [0, 0.05) is 10.6 Å². The van der Waals surface area contributed by atoms with Gasteiger partial charge >= 0.3 is 0 Å². The van der Waals surface area contributed by atoms with Gasteiger partial charge in [-0.2, -0.15) is 0 Å². The van der Waals surface area contributed by atoms with Crippen LogP contribution in [0.15, 0.2) is 42.5 Å². The quantitative estimate of drug-likeness (QED) is 0.883. The van der Waals surface area contributed by atoms with E-state index in [1.165, 1.54) is 11.1 Å². The van der Waals surface area contributed by atoms with Crippen molar-refractivity contribution < 1.29 is 4.74 Å². The Labute approximate surface area is 125 Å². The molecule has 20 heavy (non-hydrogen) atoms. The molecule has 2 aromatic carbocycles. The zero-order valence-electron chi connectivity index (χ0n) is 12.1. The molecule has 0 heterocycles. The standard InChI is InChI=1S/C17H20ClNO/c1-4-19-17(13-7-5-6-12(2)10-13)15-9-8-14(18)11-16(15)20-3/h5-11,17,19H,4H2,1-3H3. The molecule has 0 bridgehead atoms. The molecule has 0 spiro atoms. The molecule has 0 aromatic heterocycles. The summed E-state index contributed by atoms with van der Waals surface area (Å²) >= 11 is 6.05. The molecule has 0 saturated heterocycles. The van der Waals surface area contributed by atoms with E-state index >= 15 is 0 Å². The highest BCUT2D eigenvalue weighted by atomic mass is 35.5. The molecule has 2 aromatic rings. The van der Waals surface area contributed by atoms with Crippen LogP contribution in [0.2, 0.25) is 5.02 Å². The van der Waals surface area contributed by atoms with Gasteiger partial charge < -0.3 is 10.1 Å². The molecule has 0 saturated carbocycles. The van der Waals surface area contributed by atoms with Crippen LogP contribution in [0.5, 0.6) is 5.75 Å². The van der Waals surface area contributed by atoms with Crippen molar-refractivity contribution >= 4 is 11.6 Å². The van der Waals surface area contributed by atoms with E-state index in [2.05, 4.69) is 43.4 Å². The van der Waals surface area contributed by atoms with Crippen molar-refractivity contribution in [2.45, 2.75) is 19.9 Å². The van der Waals surface area contributed by atoms with Gasteiger partial charge in [-0.3, -0.25) is 0 Å². The third-order valence-corrected chi connectivity index (χ3v) is 3.53. The number of hydrogen-bond donors (Lipinski definition) is 1. The number of hydrogen-bond acceptors (Lipinski definition) is 2. The van der Waals surface area contributed by atoms with E-state index in [4.69, 9.17) is 16.3 Å². The highest BCUT2D eigenvalue weighted by molar-refractivity contribution is 6.30. The second-order valence-electron chi connectivity index (χ2n) is 4.79. The first-order chi connectivity index (χ1) is 9.65. The number of nitrogens with one attached hydrogen (secondary N) is 1. The summed E-state index contributed by atoms with van der Waals surface area (Å²) in [6.45, 7) is 5.08. The minimum atomic E-state index is 0.104. The largest absolute Gasteiger partial charge is 0.496 e. The van der Waals surface area contributed by atoms with Gasteiger partial charge in [0.1, 0.15) is 5.75 Å². The number of methoxy groups -OCH3 is 1. The first-order valence-electron chi connectivity index (χ1n) is 6.79. The summed E-state index contributed by atoms with van der Waals surface area (Å²) in [5, 5.41) is 4.20. The van der Waals surface area contributed by atoms with Crippen LogP contribution < -0.4 is 10.1 Å². The van der Waals surface area contributed by atoms with Crippen LogP contribution in [0.3, 0.4) is 0 Å². The molecule has 1 unspecified atom stereocenters. The lowest BCUT2D eigenvalue weighted by Crippen LogP contribution is -2.22. The maximum absolute atomic E-state index is 6.05. The Balaban J connectivity index is 2.48. The Morgan fingerprint density at radius 3 is 2.65 bits per heavy atom. The molecule has 0 aliphatic carbocycles. The molecule has 1 atom stereocenters. The summed E-state index contributed by atoms with van der Waals surface area (Å²) in [4.78, 5) is 0. The number of benzene rings is 2. The van der Waals surface area contributed by atoms with Crippen molar-refractivity contribution in [3.63, 3.8) is 0 Å². The summed E-state index contributed by atoms with van der Waals surface area (Å²) in [5.74, 6) is 0.810. The van der Waals surface area contributed by atoms with Crippen molar-refractivity contribution in [1.82, 2.24) is 5.32 Å². The van der Waals surface area contributed by atoms with Gasteiger partial charge in [0.15, 0.2) is 0 Å². The fraction of sp³-hybridized carbons (Fsp3) is 0.294. The highest BCUT2D eigenvalue weighted by Gasteiger charge is 2.17. The molecular formula is C17H20ClNO. The van der Waals surface area contributed by atoms with Crippen molar-refractivity contribution in [1.29, 1.82) is 0 Å². The van der Waals surface area contributed by atoms with E-state index in [-0.39, 0.29) is 6.04 Å². The average molecular weight is 290 g/mol. The molecular weight excluding hydrogens is 270 g/mol. The minimum absolute atomic E-state index is 0.104. The first-order valence-corrected chi connectivity index (χ1v) is 7.17. The lowest BCUT2D eigenvalue weighted by atomic mass is 9.96. The molecule has 0 fully saturated rings. The third-order valence-electron chi connectivity index (χ3n) is 3.29. The van der Waals surface area contributed by atoms with Crippen molar-refractivity contribution in [3.8, 4) is 5.75 Å². The van der Waals surface area contributed by atoms with Crippen molar-refractivity contribution in [2.75, 3.05) is 13.7 Å². The maximum atomic E-state index is 6.05. The van der Waals surface area contributed by atoms with Gasteiger partial charge in [-0.15, -0.1) is 0 Å². The molecule has 2 rings (SSSR count). The van der Waals surface area contributed by atoms with Crippen LogP contribution in [-0.4, -0.2) is 13.7 Å². The number of halogens is 1. The van der Waals surface area contributed by atoms with Crippen LogP contribution in [-0.2, 0) is 0 Å². The Kier molecular flexibility index (Phi) is 5.05. The molecule has 0 aliphatic rings. The molecule has 106 valence electrons. The van der Waals surface area contributed by atoms with Crippen LogP contribution in [0.25, 0.3) is 0 Å². The van der Waals surface area contributed by atoms with Crippen LogP contribution >= 0.6 is 11.6 Å². The summed E-state index contributed by atoms with van der Waals surface area (Å²) in [6.07, 6.45) is 0. The molecule has 0 radical (unpaired) electrons. The summed E-state index contributed by atoms with van der Waals surface area (Å²) < 4.78 is 5.48.